The molecular formula is C14H19FN2O3S. The van der Waals surface area contributed by atoms with E-state index in [1.165, 1.54) is 17.0 Å². The molecule has 116 valence electrons. The van der Waals surface area contributed by atoms with Crippen LogP contribution >= 0.6 is 0 Å². The normalized spacial score (nSPS) is 20.2. The molecule has 1 heterocycles. The standard InChI is InChI=1S/C14H19FN2O3S/c1-2-8-17(11-7-9-21(19,20)10-11)14(18)16-13-6-4-3-5-12(13)15/h3-6,11H,2,7-10H2,1H3,(H,16,18)/t11-/m1/s1. The van der Waals surface area contributed by atoms with Crippen molar-refractivity contribution in [1.82, 2.24) is 4.90 Å². The van der Waals surface area contributed by atoms with Gasteiger partial charge in [0.25, 0.3) is 0 Å². The predicted octanol–water partition coefficient (Wildman–Crippen LogP) is 2.26. The van der Waals surface area contributed by atoms with Crippen LogP contribution in [-0.2, 0) is 9.84 Å². The summed E-state index contributed by atoms with van der Waals surface area (Å²) in [6.45, 7) is 2.35. The van der Waals surface area contributed by atoms with Crippen LogP contribution in [-0.4, -0.2) is 43.4 Å². The Hall–Kier alpha value is -1.63. The molecule has 1 N–H and O–H groups in total. The lowest BCUT2D eigenvalue weighted by atomic mass is 10.2. The van der Waals surface area contributed by atoms with Crippen molar-refractivity contribution in [2.75, 3.05) is 23.4 Å². The lowest BCUT2D eigenvalue weighted by Gasteiger charge is -2.28. The van der Waals surface area contributed by atoms with E-state index in [4.69, 9.17) is 0 Å². The molecule has 0 unspecified atom stereocenters. The van der Waals surface area contributed by atoms with E-state index in [-0.39, 0.29) is 23.2 Å². The monoisotopic (exact) mass is 314 g/mol. The van der Waals surface area contributed by atoms with Crippen molar-refractivity contribution in [3.05, 3.63) is 30.1 Å². The number of carbonyl (C=O) groups excluding carboxylic acids is 1. The Morgan fingerprint density at radius 2 is 2.14 bits per heavy atom. The highest BCUT2D eigenvalue weighted by molar-refractivity contribution is 7.91. The minimum Gasteiger partial charge on any atom is -0.321 e. The maximum absolute atomic E-state index is 13.6. The van der Waals surface area contributed by atoms with Gasteiger partial charge in [0.05, 0.1) is 17.2 Å². The molecule has 0 aliphatic carbocycles. The third kappa shape index (κ3) is 3.93. The van der Waals surface area contributed by atoms with Crippen molar-refractivity contribution in [1.29, 1.82) is 0 Å². The highest BCUT2D eigenvalue weighted by atomic mass is 32.2. The first-order chi connectivity index (χ1) is 9.93. The van der Waals surface area contributed by atoms with E-state index in [9.17, 15) is 17.6 Å². The summed E-state index contributed by atoms with van der Waals surface area (Å²) >= 11 is 0. The number of halogens is 1. The van der Waals surface area contributed by atoms with Gasteiger partial charge < -0.3 is 10.2 Å². The second-order valence-corrected chi connectivity index (χ2v) is 7.39. The van der Waals surface area contributed by atoms with Gasteiger partial charge in [0, 0.05) is 12.6 Å². The number of anilines is 1. The van der Waals surface area contributed by atoms with Gasteiger partial charge in [0.15, 0.2) is 9.84 Å². The van der Waals surface area contributed by atoms with Gasteiger partial charge in [-0.25, -0.2) is 17.6 Å². The van der Waals surface area contributed by atoms with E-state index in [1.54, 1.807) is 12.1 Å². The maximum atomic E-state index is 13.6. The van der Waals surface area contributed by atoms with E-state index in [0.29, 0.717) is 19.4 Å². The molecule has 0 aromatic heterocycles. The first-order valence-electron chi connectivity index (χ1n) is 6.95. The molecule has 1 aliphatic heterocycles. The summed E-state index contributed by atoms with van der Waals surface area (Å²) in [5, 5.41) is 2.52. The van der Waals surface area contributed by atoms with Gasteiger partial charge >= 0.3 is 6.03 Å². The molecule has 5 nitrogen and oxygen atoms in total. The first-order valence-corrected chi connectivity index (χ1v) is 8.77. The van der Waals surface area contributed by atoms with E-state index in [0.717, 1.165) is 0 Å². The number of hydrogen-bond donors (Lipinski definition) is 1. The molecule has 1 aromatic rings. The Balaban J connectivity index is 2.11. The SMILES string of the molecule is CCCN(C(=O)Nc1ccccc1F)[C@@H]1CCS(=O)(=O)C1. The fourth-order valence-corrected chi connectivity index (χ4v) is 4.19. The molecule has 2 amide bonds. The van der Waals surface area contributed by atoms with Crippen molar-refractivity contribution < 1.29 is 17.6 Å². The minimum atomic E-state index is -3.07. The maximum Gasteiger partial charge on any atom is 0.322 e. The molecule has 1 aliphatic rings. The molecule has 1 aromatic carbocycles. The van der Waals surface area contributed by atoms with Crippen LogP contribution in [0.3, 0.4) is 0 Å². The number of hydrogen-bond acceptors (Lipinski definition) is 3. The van der Waals surface area contributed by atoms with Gasteiger partial charge in [0.2, 0.25) is 0 Å². The zero-order valence-corrected chi connectivity index (χ0v) is 12.7. The summed E-state index contributed by atoms with van der Waals surface area (Å²) in [6, 6.07) is 5.12. The van der Waals surface area contributed by atoms with Crippen molar-refractivity contribution in [2.24, 2.45) is 0 Å². The van der Waals surface area contributed by atoms with Gasteiger partial charge in [0.1, 0.15) is 5.82 Å². The minimum absolute atomic E-state index is 0.0162. The zero-order chi connectivity index (χ0) is 15.5. The molecular weight excluding hydrogens is 295 g/mol. The van der Waals surface area contributed by atoms with E-state index < -0.39 is 21.7 Å². The van der Waals surface area contributed by atoms with Gasteiger partial charge in [-0.2, -0.15) is 0 Å². The molecule has 7 heteroatoms. The average molecular weight is 314 g/mol. The van der Waals surface area contributed by atoms with Crippen LogP contribution in [0.2, 0.25) is 0 Å². The highest BCUT2D eigenvalue weighted by Gasteiger charge is 2.34. The molecule has 0 bridgehead atoms. The first kappa shape index (κ1) is 15.8. The summed E-state index contributed by atoms with van der Waals surface area (Å²) in [6.07, 6.45) is 1.15. The zero-order valence-electron chi connectivity index (χ0n) is 11.9. The predicted molar refractivity (Wildman–Crippen MR) is 79.5 cm³/mol. The molecule has 21 heavy (non-hydrogen) atoms. The number of rotatable bonds is 4. The lowest BCUT2D eigenvalue weighted by molar-refractivity contribution is 0.194. The van der Waals surface area contributed by atoms with Crippen LogP contribution in [0.25, 0.3) is 0 Å². The number of amides is 2. The summed E-state index contributed by atoms with van der Waals surface area (Å²) in [5.41, 5.74) is 0.101. The van der Waals surface area contributed by atoms with Gasteiger partial charge in [-0.1, -0.05) is 19.1 Å². The number of carbonyl (C=O) groups is 1. The molecule has 2 rings (SSSR count). The third-order valence-corrected chi connectivity index (χ3v) is 5.24. The molecule has 0 saturated carbocycles. The number of nitrogens with zero attached hydrogens (tertiary/aromatic N) is 1. The van der Waals surface area contributed by atoms with E-state index >= 15 is 0 Å². The second kappa shape index (κ2) is 6.43. The van der Waals surface area contributed by atoms with E-state index in [2.05, 4.69) is 5.32 Å². The Bertz CT molecular complexity index is 618. The smallest absolute Gasteiger partial charge is 0.321 e. The van der Waals surface area contributed by atoms with Gasteiger partial charge in [-0.3, -0.25) is 0 Å². The van der Waals surface area contributed by atoms with Crippen molar-refractivity contribution in [3.63, 3.8) is 0 Å². The number of urea groups is 1. The second-order valence-electron chi connectivity index (χ2n) is 5.16. The van der Waals surface area contributed by atoms with Crippen LogP contribution in [0.5, 0.6) is 0 Å². The lowest BCUT2D eigenvalue weighted by Crippen LogP contribution is -2.44. The Morgan fingerprint density at radius 1 is 1.43 bits per heavy atom. The fourth-order valence-electron chi connectivity index (χ4n) is 2.46. The summed E-state index contributed by atoms with van der Waals surface area (Å²) in [4.78, 5) is 13.8. The van der Waals surface area contributed by atoms with Crippen molar-refractivity contribution >= 4 is 21.6 Å². The molecule has 1 fully saturated rings. The summed E-state index contributed by atoms with van der Waals surface area (Å²) < 4.78 is 36.7. The number of sulfone groups is 1. The summed E-state index contributed by atoms with van der Waals surface area (Å²) in [5.74, 6) is -0.427. The van der Waals surface area contributed by atoms with Crippen LogP contribution in [0.15, 0.2) is 24.3 Å². The quantitative estimate of drug-likeness (QED) is 0.927. The van der Waals surface area contributed by atoms with Crippen LogP contribution in [0.4, 0.5) is 14.9 Å². The van der Waals surface area contributed by atoms with Crippen LogP contribution in [0.1, 0.15) is 19.8 Å². The van der Waals surface area contributed by atoms with Crippen LogP contribution < -0.4 is 5.32 Å². The fraction of sp³-hybridized carbons (Fsp3) is 0.500. The molecule has 0 spiro atoms. The van der Waals surface area contributed by atoms with Crippen molar-refractivity contribution in [2.45, 2.75) is 25.8 Å². The van der Waals surface area contributed by atoms with Crippen LogP contribution in [0, 0.1) is 5.82 Å². The Kier molecular flexibility index (Phi) is 4.82. The Morgan fingerprint density at radius 3 is 2.71 bits per heavy atom. The number of benzene rings is 1. The van der Waals surface area contributed by atoms with Gasteiger partial charge in [-0.15, -0.1) is 0 Å². The molecule has 0 radical (unpaired) electrons. The number of para-hydroxylation sites is 1. The topological polar surface area (TPSA) is 66.5 Å². The Labute approximate surface area is 124 Å². The highest BCUT2D eigenvalue weighted by Crippen LogP contribution is 2.20. The molecule has 1 saturated heterocycles. The number of nitrogens with one attached hydrogen (secondary N) is 1. The molecule has 1 atom stereocenters. The van der Waals surface area contributed by atoms with Gasteiger partial charge in [-0.05, 0) is 25.0 Å². The largest absolute Gasteiger partial charge is 0.322 e. The third-order valence-electron chi connectivity index (χ3n) is 3.49. The average Bonchev–Trinajstić information content (AvgIpc) is 2.78. The van der Waals surface area contributed by atoms with E-state index in [1.807, 2.05) is 6.92 Å². The van der Waals surface area contributed by atoms with Crippen molar-refractivity contribution in [3.8, 4) is 0 Å². The summed E-state index contributed by atoms with van der Waals surface area (Å²) in [7, 11) is -3.07.